The van der Waals surface area contributed by atoms with Crippen molar-refractivity contribution in [3.05, 3.63) is 58.9 Å². The van der Waals surface area contributed by atoms with Gasteiger partial charge in [-0.3, -0.25) is 19.2 Å². The van der Waals surface area contributed by atoms with E-state index < -0.39 is 94.3 Å². The molecule has 2 aromatic rings. The van der Waals surface area contributed by atoms with E-state index in [1.165, 1.54) is 0 Å². The second kappa shape index (κ2) is 22.9. The van der Waals surface area contributed by atoms with Crippen LogP contribution < -0.4 is 31.7 Å². The van der Waals surface area contributed by atoms with Crippen molar-refractivity contribution in [2.75, 3.05) is 25.1 Å². The number of aliphatic hydroxyl groups excluding tert-OH is 1. The molecule has 1 unspecified atom stereocenters. The summed E-state index contributed by atoms with van der Waals surface area (Å²) in [6.45, 7) is 10.6. The molecule has 7 N–H and O–H groups in total. The number of nitrogens with two attached hydrogens (primary N) is 1. The first-order valence-electron chi connectivity index (χ1n) is 18.7. The summed E-state index contributed by atoms with van der Waals surface area (Å²) < 4.78 is 84.1. The molecule has 0 spiro atoms. The number of esters is 1. The van der Waals surface area contributed by atoms with Gasteiger partial charge in [0.1, 0.15) is 12.1 Å². The third kappa shape index (κ3) is 16.5. The number of halogens is 5. The minimum atomic E-state index is -2.37. The number of carbonyl (C=O) groups is 5. The number of benzene rings is 2. The second-order valence-corrected chi connectivity index (χ2v) is 15.1. The van der Waals surface area contributed by atoms with Crippen molar-refractivity contribution >= 4 is 35.4 Å². The number of hydrogen-bond acceptors (Lipinski definition) is 9. The summed E-state index contributed by atoms with van der Waals surface area (Å²) in [5.41, 5.74) is 4.53. The Hall–Kier alpha value is -4.88. The van der Waals surface area contributed by atoms with Gasteiger partial charge in [0, 0.05) is 31.7 Å². The zero-order valence-corrected chi connectivity index (χ0v) is 33.5. The van der Waals surface area contributed by atoms with Gasteiger partial charge in [-0.15, -0.1) is 0 Å². The molecular weight excluding hydrogens is 777 g/mol. The number of nitrogens with one attached hydrogen (secondary N) is 4. The number of hydrogen-bond donors (Lipinski definition) is 6. The van der Waals surface area contributed by atoms with E-state index in [2.05, 4.69) is 26.0 Å². The van der Waals surface area contributed by atoms with Gasteiger partial charge in [-0.25, -0.2) is 18.0 Å². The van der Waals surface area contributed by atoms with Gasteiger partial charge in [-0.1, -0.05) is 26.0 Å². The lowest BCUT2D eigenvalue weighted by molar-refractivity contribution is -0.137. The van der Waals surface area contributed by atoms with E-state index >= 15 is 0 Å². The second-order valence-electron chi connectivity index (χ2n) is 15.1. The molecule has 0 aliphatic rings. The normalized spacial score (nSPS) is 12.8. The number of carbonyl (C=O) groups excluding carboxylic acids is 5. The molecule has 0 heterocycles. The van der Waals surface area contributed by atoms with Crippen molar-refractivity contribution in [2.24, 2.45) is 11.7 Å². The Morgan fingerprint density at radius 2 is 1.33 bits per heavy atom. The van der Waals surface area contributed by atoms with Gasteiger partial charge < -0.3 is 46.3 Å². The van der Waals surface area contributed by atoms with Crippen molar-refractivity contribution < 1.29 is 65.2 Å². The lowest BCUT2D eigenvalue weighted by Crippen LogP contribution is -2.54. The zero-order valence-electron chi connectivity index (χ0n) is 33.5. The topological polar surface area (TPSA) is 207 Å². The summed E-state index contributed by atoms with van der Waals surface area (Å²) in [5, 5.41) is 19.9. The molecule has 0 aliphatic carbocycles. The first-order valence-corrected chi connectivity index (χ1v) is 18.7. The van der Waals surface area contributed by atoms with Gasteiger partial charge in [-0.2, -0.15) is 8.78 Å². The number of anilines is 1. The summed E-state index contributed by atoms with van der Waals surface area (Å²) >= 11 is 0. The summed E-state index contributed by atoms with van der Waals surface area (Å²) in [7, 11) is 0. The molecule has 0 radical (unpaired) electrons. The summed E-state index contributed by atoms with van der Waals surface area (Å²) in [4.78, 5) is 62.8. The Labute approximate surface area is 334 Å². The third-order valence-electron chi connectivity index (χ3n) is 8.83. The average molecular weight is 832 g/mol. The number of ether oxygens (including phenoxy) is 3. The Morgan fingerprint density at radius 3 is 1.90 bits per heavy atom. The molecule has 0 aliphatic heterocycles. The number of amides is 5. The van der Waals surface area contributed by atoms with Crippen LogP contribution >= 0.6 is 0 Å². The minimum Gasteiger partial charge on any atom is -0.420 e. The minimum absolute atomic E-state index is 0.0176. The molecule has 58 heavy (non-hydrogen) atoms. The van der Waals surface area contributed by atoms with Crippen LogP contribution in [0.25, 0.3) is 0 Å². The van der Waals surface area contributed by atoms with E-state index in [0.29, 0.717) is 30.5 Å². The highest BCUT2D eigenvalue weighted by Gasteiger charge is 2.31. The van der Waals surface area contributed by atoms with Gasteiger partial charge in [0.25, 0.3) is 0 Å². The fraction of sp³-hybridized carbons (Fsp3) is 0.564. The molecule has 19 heteroatoms. The van der Waals surface area contributed by atoms with Gasteiger partial charge in [-0.05, 0) is 83.4 Å². The summed E-state index contributed by atoms with van der Waals surface area (Å²) in [6.07, 6.45) is 0.661. The Kier molecular flexibility index (Phi) is 19.5. The fourth-order valence-corrected chi connectivity index (χ4v) is 5.29. The standard InChI is InChI=1S/C39H54F5N5O9/c1-22(2)33(36(54)48-25(9-7-18-46-37(45)55)35(53)47-24-13-11-23(21-50)12-14-24)49-26(51)10-8-19-56-39(5,6)17-20-57-38(3,4)16-15-27(52)58-34-31(43)29(41)28(40)30(42)32(34)44/h11-14,22,25,33,50H,7-10,15-21H2,1-6H3,(H,47,53)(H,48,54)(H,49,51)(H3,45,46,55)/t25-,33?/m0/s1. The molecule has 5 amide bonds. The summed E-state index contributed by atoms with van der Waals surface area (Å²) in [5.74, 6) is -16.1. The van der Waals surface area contributed by atoms with Crippen LogP contribution in [0.1, 0.15) is 92.1 Å². The molecule has 2 atom stereocenters. The highest BCUT2D eigenvalue weighted by molar-refractivity contribution is 5.98. The van der Waals surface area contributed by atoms with E-state index in [1.54, 1.807) is 65.8 Å². The largest absolute Gasteiger partial charge is 0.420 e. The Bertz CT molecular complexity index is 1700. The van der Waals surface area contributed by atoms with Crippen molar-refractivity contribution in [3.8, 4) is 5.75 Å². The maximum atomic E-state index is 13.9. The maximum absolute atomic E-state index is 13.9. The number of urea groups is 1. The molecule has 2 rings (SSSR count). The molecule has 0 saturated heterocycles. The van der Waals surface area contributed by atoms with Crippen LogP contribution in [0.5, 0.6) is 5.75 Å². The number of rotatable bonds is 24. The van der Waals surface area contributed by atoms with Crippen molar-refractivity contribution in [1.29, 1.82) is 0 Å². The van der Waals surface area contributed by atoms with Crippen LogP contribution in [0.2, 0.25) is 0 Å². The van der Waals surface area contributed by atoms with Crippen LogP contribution in [0.3, 0.4) is 0 Å². The first kappa shape index (κ1) is 49.3. The molecule has 0 aromatic heterocycles. The van der Waals surface area contributed by atoms with Crippen LogP contribution in [0.4, 0.5) is 32.4 Å². The van der Waals surface area contributed by atoms with Crippen molar-refractivity contribution in [2.45, 2.75) is 116 Å². The Morgan fingerprint density at radius 1 is 0.759 bits per heavy atom. The molecule has 324 valence electrons. The monoisotopic (exact) mass is 831 g/mol. The lowest BCUT2D eigenvalue weighted by Gasteiger charge is -2.29. The van der Waals surface area contributed by atoms with E-state index in [9.17, 15) is 51.0 Å². The number of primary amides is 1. The fourth-order valence-electron chi connectivity index (χ4n) is 5.29. The van der Waals surface area contributed by atoms with Gasteiger partial charge in [0.05, 0.1) is 24.4 Å². The van der Waals surface area contributed by atoms with E-state index in [4.69, 9.17) is 15.2 Å². The molecule has 2 aromatic carbocycles. The van der Waals surface area contributed by atoms with Crippen molar-refractivity contribution in [3.63, 3.8) is 0 Å². The van der Waals surface area contributed by atoms with Crippen molar-refractivity contribution in [1.82, 2.24) is 16.0 Å². The smallest absolute Gasteiger partial charge is 0.312 e. The summed E-state index contributed by atoms with van der Waals surface area (Å²) in [6, 6.07) is 3.74. The third-order valence-corrected chi connectivity index (χ3v) is 8.83. The predicted molar refractivity (Wildman–Crippen MR) is 202 cm³/mol. The molecule has 0 bridgehead atoms. The van der Waals surface area contributed by atoms with Crippen LogP contribution in [-0.4, -0.2) is 77.9 Å². The number of aliphatic hydroxyl groups is 1. The molecule has 14 nitrogen and oxygen atoms in total. The van der Waals surface area contributed by atoms with Crippen LogP contribution in [-0.2, 0) is 35.3 Å². The quantitative estimate of drug-likeness (QED) is 0.0209. The van der Waals surface area contributed by atoms with Gasteiger partial charge in [0.2, 0.25) is 52.6 Å². The van der Waals surface area contributed by atoms with Crippen LogP contribution in [0, 0.1) is 35.0 Å². The highest BCUT2D eigenvalue weighted by Crippen LogP contribution is 2.30. The zero-order chi connectivity index (χ0) is 43.8. The maximum Gasteiger partial charge on any atom is 0.312 e. The average Bonchev–Trinajstić information content (AvgIpc) is 3.15. The van der Waals surface area contributed by atoms with E-state index in [0.717, 1.165) is 0 Å². The van der Waals surface area contributed by atoms with Gasteiger partial charge in [0.15, 0.2) is 0 Å². The molecular formula is C39H54F5N5O9. The van der Waals surface area contributed by atoms with Gasteiger partial charge >= 0.3 is 12.0 Å². The Balaban J connectivity index is 1.84. The molecule has 0 saturated carbocycles. The predicted octanol–water partition coefficient (Wildman–Crippen LogP) is 5.03. The SMILES string of the molecule is CC(C)C(NC(=O)CCCOC(C)(C)CCOC(C)(C)CCC(=O)Oc1c(F)c(F)c(F)c(F)c1F)C(=O)N[C@@H](CCCNC(N)=O)C(=O)Nc1ccc(CO)cc1. The van der Waals surface area contributed by atoms with E-state index in [1.807, 2.05) is 0 Å². The highest BCUT2D eigenvalue weighted by atomic mass is 19.2. The molecule has 0 fully saturated rings. The van der Waals surface area contributed by atoms with Crippen LogP contribution in [0.15, 0.2) is 24.3 Å². The first-order chi connectivity index (χ1) is 27.1. The van der Waals surface area contributed by atoms with E-state index in [-0.39, 0.29) is 51.5 Å². The lowest BCUT2D eigenvalue weighted by atomic mass is 10.0.